The molecule has 0 aromatic carbocycles. The molecule has 0 spiro atoms. The molecule has 3 heteroatoms. The van der Waals surface area contributed by atoms with Gasteiger partial charge in [0.2, 0.25) is 6.04 Å². The number of rotatable bonds is 2. The predicted octanol–water partition coefficient (Wildman–Crippen LogP) is 5.34. The Morgan fingerprint density at radius 3 is 2.79 bits per heavy atom. The van der Waals surface area contributed by atoms with E-state index >= 15 is 0 Å². The first-order valence-corrected chi connectivity index (χ1v) is 9.85. The fraction of sp³-hybridized carbons (Fsp3) is 0.857. The number of hydrogen-bond acceptors (Lipinski definition) is 2. The van der Waals surface area contributed by atoms with E-state index in [0.717, 1.165) is 30.6 Å². The molecule has 4 rings (SSSR count). The standard InChI is InChI=1S/C21H31NO2/c1-20-10-8-14(13-24-23)12-15(20)4-5-16-17-6-7-19(22-3)21(17,2)11-9-18(16)20/h4,14,16-19,23H,5-13H2,1-2H3/t14-,16-,17-,18-,19-,20-,21-/m0/s1. The number of nitrogens with zero attached hydrogens (tertiary/aromatic N) is 1. The Morgan fingerprint density at radius 2 is 2.04 bits per heavy atom. The first kappa shape index (κ1) is 16.6. The Morgan fingerprint density at radius 1 is 1.21 bits per heavy atom. The molecule has 0 amide bonds. The highest BCUT2D eigenvalue weighted by molar-refractivity contribution is 5.25. The summed E-state index contributed by atoms with van der Waals surface area (Å²) in [5.74, 6) is 2.83. The van der Waals surface area contributed by atoms with Crippen LogP contribution in [-0.4, -0.2) is 17.9 Å². The van der Waals surface area contributed by atoms with Gasteiger partial charge in [-0.25, -0.2) is 11.5 Å². The van der Waals surface area contributed by atoms with E-state index in [-0.39, 0.29) is 11.5 Å². The van der Waals surface area contributed by atoms with E-state index in [4.69, 9.17) is 11.8 Å². The van der Waals surface area contributed by atoms with E-state index in [9.17, 15) is 0 Å². The molecule has 3 fully saturated rings. The van der Waals surface area contributed by atoms with Gasteiger partial charge in [0, 0.05) is 11.8 Å². The van der Waals surface area contributed by atoms with E-state index < -0.39 is 0 Å². The Balaban J connectivity index is 1.60. The SMILES string of the molecule is [C-]#[N+][C@H]1CC[C@H]2[C@@H]3CC=C4C[C@@H](COO)CC[C@]4(C)[C@H]3CC[C@]12C. The minimum atomic E-state index is 0.263. The monoisotopic (exact) mass is 329 g/mol. The largest absolute Gasteiger partial charge is 0.313 e. The van der Waals surface area contributed by atoms with Crippen LogP contribution in [0, 0.1) is 41.1 Å². The van der Waals surface area contributed by atoms with Crippen molar-refractivity contribution in [2.45, 2.75) is 71.3 Å². The summed E-state index contributed by atoms with van der Waals surface area (Å²) >= 11 is 0. The van der Waals surface area contributed by atoms with Gasteiger partial charge in [0.15, 0.2) is 0 Å². The Bertz CT molecular complexity index is 579. The van der Waals surface area contributed by atoms with Gasteiger partial charge >= 0.3 is 0 Å². The number of hydrogen-bond donors (Lipinski definition) is 1. The molecule has 0 aromatic heterocycles. The Kier molecular flexibility index (Phi) is 4.05. The predicted molar refractivity (Wildman–Crippen MR) is 94.2 cm³/mol. The van der Waals surface area contributed by atoms with Crippen molar-refractivity contribution in [1.29, 1.82) is 0 Å². The van der Waals surface area contributed by atoms with Crippen LogP contribution in [0.15, 0.2) is 11.6 Å². The van der Waals surface area contributed by atoms with Crippen LogP contribution in [0.3, 0.4) is 0 Å². The molecule has 0 radical (unpaired) electrons. The Labute approximate surface area is 146 Å². The van der Waals surface area contributed by atoms with Crippen molar-refractivity contribution in [2.75, 3.05) is 6.61 Å². The topological polar surface area (TPSA) is 33.8 Å². The molecule has 0 heterocycles. The highest BCUT2D eigenvalue weighted by atomic mass is 17.1. The molecule has 0 aromatic rings. The maximum Gasteiger partial charge on any atom is 0.229 e. The number of allylic oxidation sites excluding steroid dienone is 2. The average Bonchev–Trinajstić information content (AvgIpc) is 2.92. The van der Waals surface area contributed by atoms with Crippen molar-refractivity contribution >= 4 is 0 Å². The van der Waals surface area contributed by atoms with Gasteiger partial charge in [-0.15, -0.1) is 0 Å². The normalized spacial score (nSPS) is 50.2. The van der Waals surface area contributed by atoms with Crippen LogP contribution in [-0.2, 0) is 4.89 Å². The molecule has 0 bridgehead atoms. The molecule has 0 unspecified atom stereocenters. The Hall–Kier alpha value is -0.850. The minimum Gasteiger partial charge on any atom is -0.313 e. The maximum atomic E-state index is 8.80. The van der Waals surface area contributed by atoms with Crippen molar-refractivity contribution in [3.63, 3.8) is 0 Å². The van der Waals surface area contributed by atoms with Crippen molar-refractivity contribution in [2.24, 2.45) is 34.5 Å². The van der Waals surface area contributed by atoms with Gasteiger partial charge in [-0.3, -0.25) is 5.26 Å². The third-order valence-electron chi connectivity index (χ3n) is 8.62. The first-order valence-electron chi connectivity index (χ1n) is 9.85. The van der Waals surface area contributed by atoms with Crippen LogP contribution in [0.1, 0.15) is 65.2 Å². The summed E-state index contributed by atoms with van der Waals surface area (Å²) in [7, 11) is 0. The second-order valence-corrected chi connectivity index (χ2v) is 9.43. The highest BCUT2D eigenvalue weighted by Crippen LogP contribution is 2.65. The molecular weight excluding hydrogens is 298 g/mol. The van der Waals surface area contributed by atoms with Gasteiger partial charge in [-0.1, -0.05) is 25.5 Å². The lowest BCUT2D eigenvalue weighted by molar-refractivity contribution is -0.252. The second-order valence-electron chi connectivity index (χ2n) is 9.43. The third-order valence-corrected chi connectivity index (χ3v) is 8.62. The average molecular weight is 329 g/mol. The molecule has 0 saturated heterocycles. The molecule has 1 N–H and O–H groups in total. The first-order chi connectivity index (χ1) is 11.5. The lowest BCUT2D eigenvalue weighted by Gasteiger charge is -2.57. The summed E-state index contributed by atoms with van der Waals surface area (Å²) in [6.45, 7) is 13.0. The molecule has 4 aliphatic rings. The van der Waals surface area contributed by atoms with E-state index in [2.05, 4.69) is 29.7 Å². The van der Waals surface area contributed by atoms with E-state index in [1.54, 1.807) is 5.57 Å². The van der Waals surface area contributed by atoms with Gasteiger partial charge in [0.05, 0.1) is 6.61 Å². The quantitative estimate of drug-likeness (QED) is 0.321. The molecule has 3 saturated carbocycles. The van der Waals surface area contributed by atoms with Crippen LogP contribution in [0.4, 0.5) is 0 Å². The smallest absolute Gasteiger partial charge is 0.229 e. The second kappa shape index (κ2) is 5.85. The van der Waals surface area contributed by atoms with E-state index in [0.29, 0.717) is 17.9 Å². The maximum absolute atomic E-state index is 8.80. The van der Waals surface area contributed by atoms with Gasteiger partial charge in [-0.05, 0) is 74.0 Å². The summed E-state index contributed by atoms with van der Waals surface area (Å²) in [6.07, 6.45) is 12.2. The minimum absolute atomic E-state index is 0.263. The van der Waals surface area contributed by atoms with Crippen LogP contribution < -0.4 is 0 Å². The molecule has 3 nitrogen and oxygen atoms in total. The molecular formula is C21H31NO2. The van der Waals surface area contributed by atoms with Gasteiger partial charge in [-0.2, -0.15) is 0 Å². The lowest BCUT2D eigenvalue weighted by atomic mass is 9.47. The lowest BCUT2D eigenvalue weighted by Crippen LogP contribution is -2.50. The van der Waals surface area contributed by atoms with Gasteiger partial charge < -0.3 is 4.85 Å². The third kappa shape index (κ3) is 2.22. The summed E-state index contributed by atoms with van der Waals surface area (Å²) < 4.78 is 0. The molecule has 0 aliphatic heterocycles. The summed E-state index contributed by atoms with van der Waals surface area (Å²) in [4.78, 5) is 8.45. The fourth-order valence-corrected chi connectivity index (χ4v) is 7.17. The molecule has 4 aliphatic carbocycles. The number of fused-ring (bicyclic) bond motifs is 5. The summed E-state index contributed by atoms with van der Waals surface area (Å²) in [6, 6.07) is 0.263. The molecule has 132 valence electrons. The van der Waals surface area contributed by atoms with Crippen molar-refractivity contribution in [3.8, 4) is 0 Å². The molecule has 7 atom stereocenters. The zero-order valence-electron chi connectivity index (χ0n) is 15.1. The van der Waals surface area contributed by atoms with E-state index in [1.165, 1.54) is 38.5 Å². The van der Waals surface area contributed by atoms with Crippen molar-refractivity contribution in [1.82, 2.24) is 0 Å². The van der Waals surface area contributed by atoms with Crippen LogP contribution in [0.5, 0.6) is 0 Å². The zero-order chi connectivity index (χ0) is 16.9. The van der Waals surface area contributed by atoms with Crippen LogP contribution in [0.2, 0.25) is 0 Å². The van der Waals surface area contributed by atoms with E-state index in [1.807, 2.05) is 0 Å². The summed E-state index contributed by atoms with van der Waals surface area (Å²) in [5, 5.41) is 8.80. The molecule has 24 heavy (non-hydrogen) atoms. The van der Waals surface area contributed by atoms with Crippen molar-refractivity contribution in [3.05, 3.63) is 23.1 Å². The van der Waals surface area contributed by atoms with Crippen LogP contribution in [0.25, 0.3) is 4.85 Å². The van der Waals surface area contributed by atoms with Gasteiger partial charge in [0.25, 0.3) is 0 Å². The van der Waals surface area contributed by atoms with Crippen molar-refractivity contribution < 1.29 is 10.1 Å². The fourth-order valence-electron chi connectivity index (χ4n) is 7.17. The zero-order valence-corrected chi connectivity index (χ0v) is 15.1. The van der Waals surface area contributed by atoms with Gasteiger partial charge in [0.1, 0.15) is 0 Å². The highest BCUT2D eigenvalue weighted by Gasteiger charge is 2.61. The van der Waals surface area contributed by atoms with Crippen LogP contribution >= 0.6 is 0 Å². The summed E-state index contributed by atoms with van der Waals surface area (Å²) in [5.41, 5.74) is 2.26.